The summed E-state index contributed by atoms with van der Waals surface area (Å²) < 4.78 is 0. The lowest BCUT2D eigenvalue weighted by molar-refractivity contribution is 0.195. The molecule has 1 atom stereocenters. The van der Waals surface area contributed by atoms with Crippen LogP contribution in [0.1, 0.15) is 17.5 Å². The van der Waals surface area contributed by atoms with E-state index < -0.39 is 0 Å². The predicted molar refractivity (Wildman–Crippen MR) is 62.1 cm³/mol. The second-order valence-corrected chi connectivity index (χ2v) is 4.79. The van der Waals surface area contributed by atoms with E-state index in [1.807, 2.05) is 0 Å². The van der Waals surface area contributed by atoms with Crippen molar-refractivity contribution in [3.05, 3.63) is 35.4 Å². The van der Waals surface area contributed by atoms with Crippen LogP contribution in [0.5, 0.6) is 0 Å². The molecule has 1 N–H and O–H groups in total. The fraction of sp³-hybridized carbons (Fsp3) is 0.538. The van der Waals surface area contributed by atoms with E-state index in [2.05, 4.69) is 43.1 Å². The number of benzene rings is 1. The summed E-state index contributed by atoms with van der Waals surface area (Å²) in [7, 11) is 2.12. The third-order valence-corrected chi connectivity index (χ3v) is 3.51. The maximum Gasteiger partial charge on any atom is 0.0540 e. The minimum absolute atomic E-state index is 0.0253. The summed E-state index contributed by atoms with van der Waals surface area (Å²) >= 11 is 0. The van der Waals surface area contributed by atoms with Gasteiger partial charge < -0.3 is 10.0 Å². The molecule has 1 aromatic rings. The van der Waals surface area contributed by atoms with Crippen LogP contribution in [0.25, 0.3) is 0 Å². The first-order valence-electron chi connectivity index (χ1n) is 5.53. The van der Waals surface area contributed by atoms with E-state index in [1.54, 1.807) is 0 Å². The topological polar surface area (TPSA) is 23.5 Å². The molecule has 0 spiro atoms. The van der Waals surface area contributed by atoms with Crippen LogP contribution in [0.2, 0.25) is 0 Å². The maximum absolute atomic E-state index is 9.63. The molecule has 1 aliphatic rings. The monoisotopic (exact) mass is 205 g/mol. The van der Waals surface area contributed by atoms with E-state index in [-0.39, 0.29) is 12.0 Å². The highest BCUT2D eigenvalue weighted by molar-refractivity contribution is 5.30. The van der Waals surface area contributed by atoms with Crippen molar-refractivity contribution in [2.45, 2.75) is 18.8 Å². The molecule has 1 fully saturated rings. The van der Waals surface area contributed by atoms with Gasteiger partial charge in [0.1, 0.15) is 0 Å². The zero-order chi connectivity index (χ0) is 10.9. The molecule has 2 rings (SSSR count). The molecule has 2 heteroatoms. The summed E-state index contributed by atoms with van der Waals surface area (Å²) in [5.74, 6) is 0. The molecule has 1 heterocycles. The lowest BCUT2D eigenvalue weighted by Gasteiger charge is -2.27. The molecule has 0 aromatic heterocycles. The summed E-state index contributed by atoms with van der Waals surface area (Å²) in [6, 6.07) is 8.57. The lowest BCUT2D eigenvalue weighted by atomic mass is 9.80. The van der Waals surface area contributed by atoms with Gasteiger partial charge in [-0.25, -0.2) is 0 Å². The number of nitrogens with zero attached hydrogens (tertiary/aromatic N) is 1. The van der Waals surface area contributed by atoms with Crippen LogP contribution in [-0.4, -0.2) is 36.8 Å². The van der Waals surface area contributed by atoms with Crippen molar-refractivity contribution in [1.29, 1.82) is 0 Å². The van der Waals surface area contributed by atoms with Crippen LogP contribution >= 0.6 is 0 Å². The molecule has 0 radical (unpaired) electrons. The second-order valence-electron chi connectivity index (χ2n) is 4.79. The first-order chi connectivity index (χ1) is 7.16. The Bertz CT molecular complexity index is 333. The smallest absolute Gasteiger partial charge is 0.0540 e. The Balaban J connectivity index is 2.30. The number of likely N-dealkylation sites (tertiary alicyclic amines) is 1. The fourth-order valence-corrected chi connectivity index (χ4v) is 2.44. The number of rotatable bonds is 2. The fourth-order valence-electron chi connectivity index (χ4n) is 2.44. The Morgan fingerprint density at radius 3 is 2.47 bits per heavy atom. The summed E-state index contributed by atoms with van der Waals surface area (Å²) in [5, 5.41) is 9.63. The van der Waals surface area contributed by atoms with Gasteiger partial charge >= 0.3 is 0 Å². The number of aliphatic hydroxyl groups excluding tert-OH is 1. The molecular formula is C13H19NO. The highest BCUT2D eigenvalue weighted by atomic mass is 16.3. The largest absolute Gasteiger partial charge is 0.395 e. The third kappa shape index (κ3) is 1.92. The number of hydrogen-bond donors (Lipinski definition) is 1. The molecule has 0 amide bonds. The summed E-state index contributed by atoms with van der Waals surface area (Å²) in [4.78, 5) is 2.29. The van der Waals surface area contributed by atoms with E-state index in [0.29, 0.717) is 0 Å². The van der Waals surface area contributed by atoms with Gasteiger partial charge in [0.05, 0.1) is 6.61 Å². The average molecular weight is 205 g/mol. The van der Waals surface area contributed by atoms with Crippen LogP contribution < -0.4 is 0 Å². The first kappa shape index (κ1) is 10.7. The third-order valence-electron chi connectivity index (χ3n) is 3.51. The Kier molecular flexibility index (Phi) is 2.81. The SMILES string of the molecule is Cc1ccc(C2(CO)CCN(C)C2)cc1. The zero-order valence-corrected chi connectivity index (χ0v) is 9.53. The maximum atomic E-state index is 9.63. The van der Waals surface area contributed by atoms with Crippen LogP contribution in [0.3, 0.4) is 0 Å². The Labute approximate surface area is 91.5 Å². The van der Waals surface area contributed by atoms with Crippen molar-refractivity contribution >= 4 is 0 Å². The normalized spacial score (nSPS) is 27.1. The van der Waals surface area contributed by atoms with E-state index >= 15 is 0 Å². The molecule has 1 aromatic carbocycles. The number of likely N-dealkylation sites (N-methyl/N-ethyl adjacent to an activating group) is 1. The van der Waals surface area contributed by atoms with E-state index in [9.17, 15) is 5.11 Å². The summed E-state index contributed by atoms with van der Waals surface area (Å²) in [5.41, 5.74) is 2.53. The summed E-state index contributed by atoms with van der Waals surface area (Å²) in [6.07, 6.45) is 1.06. The van der Waals surface area contributed by atoms with Gasteiger partial charge in [0.15, 0.2) is 0 Å². The van der Waals surface area contributed by atoms with Gasteiger partial charge in [0.2, 0.25) is 0 Å². The second kappa shape index (κ2) is 3.95. The van der Waals surface area contributed by atoms with Gasteiger partial charge in [-0.15, -0.1) is 0 Å². The quantitative estimate of drug-likeness (QED) is 0.792. The molecule has 1 unspecified atom stereocenters. The average Bonchev–Trinajstić information content (AvgIpc) is 2.62. The molecule has 0 bridgehead atoms. The van der Waals surface area contributed by atoms with Crippen LogP contribution in [0.4, 0.5) is 0 Å². The molecule has 2 nitrogen and oxygen atoms in total. The highest BCUT2D eigenvalue weighted by Crippen LogP contribution is 2.33. The molecule has 82 valence electrons. The highest BCUT2D eigenvalue weighted by Gasteiger charge is 2.37. The van der Waals surface area contributed by atoms with Crippen LogP contribution in [0.15, 0.2) is 24.3 Å². The molecule has 1 saturated heterocycles. The van der Waals surface area contributed by atoms with Crippen LogP contribution in [-0.2, 0) is 5.41 Å². The number of aliphatic hydroxyl groups is 1. The van der Waals surface area contributed by atoms with Gasteiger partial charge in [-0.05, 0) is 32.5 Å². The zero-order valence-electron chi connectivity index (χ0n) is 9.53. The molecule has 0 aliphatic carbocycles. The minimum Gasteiger partial charge on any atom is -0.395 e. The predicted octanol–water partition coefficient (Wildman–Crippen LogP) is 1.56. The van der Waals surface area contributed by atoms with Gasteiger partial charge in [-0.2, -0.15) is 0 Å². The van der Waals surface area contributed by atoms with Crippen molar-refractivity contribution in [1.82, 2.24) is 4.90 Å². The van der Waals surface area contributed by atoms with Gasteiger partial charge in [-0.3, -0.25) is 0 Å². The van der Waals surface area contributed by atoms with Crippen LogP contribution in [0, 0.1) is 6.92 Å². The van der Waals surface area contributed by atoms with Crippen molar-refractivity contribution in [3.63, 3.8) is 0 Å². The van der Waals surface area contributed by atoms with Crippen molar-refractivity contribution < 1.29 is 5.11 Å². The van der Waals surface area contributed by atoms with Crippen molar-refractivity contribution in [2.75, 3.05) is 26.7 Å². The van der Waals surface area contributed by atoms with Gasteiger partial charge in [-0.1, -0.05) is 29.8 Å². The lowest BCUT2D eigenvalue weighted by Crippen LogP contribution is -2.33. The van der Waals surface area contributed by atoms with Gasteiger partial charge in [0.25, 0.3) is 0 Å². The Hall–Kier alpha value is -0.860. The molecule has 0 saturated carbocycles. The van der Waals surface area contributed by atoms with E-state index in [1.165, 1.54) is 11.1 Å². The van der Waals surface area contributed by atoms with Crippen molar-refractivity contribution in [3.8, 4) is 0 Å². The Morgan fingerprint density at radius 2 is 2.00 bits per heavy atom. The molecule has 1 aliphatic heterocycles. The first-order valence-corrected chi connectivity index (χ1v) is 5.53. The van der Waals surface area contributed by atoms with Gasteiger partial charge in [0, 0.05) is 12.0 Å². The van der Waals surface area contributed by atoms with Crippen molar-refractivity contribution in [2.24, 2.45) is 0 Å². The summed E-state index contributed by atoms with van der Waals surface area (Å²) in [6.45, 7) is 4.39. The molecule has 15 heavy (non-hydrogen) atoms. The number of aryl methyl sites for hydroxylation is 1. The van der Waals surface area contributed by atoms with E-state index in [4.69, 9.17) is 0 Å². The number of hydrogen-bond acceptors (Lipinski definition) is 2. The standard InChI is InChI=1S/C13H19NO/c1-11-3-5-12(6-4-11)13(10-15)7-8-14(2)9-13/h3-6,15H,7-10H2,1-2H3. The molecular weight excluding hydrogens is 186 g/mol. The minimum atomic E-state index is -0.0253. The van der Waals surface area contributed by atoms with E-state index in [0.717, 1.165) is 19.5 Å². The Morgan fingerprint density at radius 1 is 1.33 bits per heavy atom.